The molecule has 0 amide bonds. The van der Waals surface area contributed by atoms with Crippen molar-refractivity contribution < 1.29 is 4.74 Å². The lowest BCUT2D eigenvalue weighted by atomic mass is 9.64. The van der Waals surface area contributed by atoms with E-state index in [9.17, 15) is 0 Å². The Balaban J connectivity index is 1.80. The van der Waals surface area contributed by atoms with E-state index < -0.39 is 5.72 Å². The van der Waals surface area contributed by atoms with Crippen LogP contribution in [0.4, 0.5) is 5.69 Å². The Bertz CT molecular complexity index is 937. The topological polar surface area (TPSA) is 12.5 Å². The van der Waals surface area contributed by atoms with Gasteiger partial charge in [0.05, 0.1) is 9.89 Å². The average Bonchev–Trinajstić information content (AvgIpc) is 2.78. The van der Waals surface area contributed by atoms with E-state index in [-0.39, 0.29) is 5.41 Å². The zero-order valence-electron chi connectivity index (χ0n) is 14.3. The standard InChI is InChI=1S/C21H19Br2NO/c1-20-9-5-6-14-10-13-11-15(22)12-17(23)19(13)25-21(14,20)24(2)18-8-4-3-7-16(18)20/h3-4,7-8,10-12H,5-6,9H2,1-2H3/t20-,21+/m1/s1. The molecular weight excluding hydrogens is 442 g/mol. The van der Waals surface area contributed by atoms with Crippen molar-refractivity contribution in [2.24, 2.45) is 0 Å². The smallest absolute Gasteiger partial charge is 0.215 e. The molecule has 2 atom stereocenters. The van der Waals surface area contributed by atoms with E-state index in [2.05, 4.69) is 93.2 Å². The monoisotopic (exact) mass is 459 g/mol. The summed E-state index contributed by atoms with van der Waals surface area (Å²) in [6, 6.07) is 13.0. The molecule has 0 bridgehead atoms. The van der Waals surface area contributed by atoms with Gasteiger partial charge in [-0.2, -0.15) is 0 Å². The van der Waals surface area contributed by atoms with Crippen LogP contribution in [0.15, 0.2) is 50.9 Å². The summed E-state index contributed by atoms with van der Waals surface area (Å²) in [5.41, 5.74) is 4.74. The van der Waals surface area contributed by atoms with Crippen molar-refractivity contribution in [2.45, 2.75) is 37.3 Å². The number of para-hydroxylation sites is 1. The average molecular weight is 461 g/mol. The molecule has 2 aliphatic heterocycles. The molecule has 0 aromatic heterocycles. The first-order chi connectivity index (χ1) is 12.0. The quantitative estimate of drug-likeness (QED) is 0.459. The number of fused-ring (bicyclic) bond motifs is 3. The van der Waals surface area contributed by atoms with Gasteiger partial charge in [0.1, 0.15) is 5.75 Å². The predicted octanol–water partition coefficient (Wildman–Crippen LogP) is 6.28. The lowest BCUT2D eigenvalue weighted by molar-refractivity contribution is 0.0149. The van der Waals surface area contributed by atoms with Gasteiger partial charge in [-0.1, -0.05) is 34.1 Å². The third-order valence-corrected chi connectivity index (χ3v) is 7.30. The first-order valence-electron chi connectivity index (χ1n) is 8.70. The molecule has 1 saturated carbocycles. The van der Waals surface area contributed by atoms with Crippen LogP contribution in [0.1, 0.15) is 37.3 Å². The third kappa shape index (κ3) is 1.85. The zero-order chi connectivity index (χ0) is 17.4. The minimum absolute atomic E-state index is 0.0490. The Morgan fingerprint density at radius 2 is 1.96 bits per heavy atom. The molecule has 1 aliphatic carbocycles. The number of likely N-dealkylation sites (N-methyl/N-ethyl adjacent to an activating group) is 1. The fourth-order valence-corrected chi connectivity index (χ4v) is 6.52. The Morgan fingerprint density at radius 1 is 1.16 bits per heavy atom. The molecular formula is C21H19Br2NO. The SMILES string of the molecule is CN1c2ccccc2[C@@]2(C)CCCC3=Cc4cc(Br)cc(Br)c4O[C@]312. The highest BCUT2D eigenvalue weighted by molar-refractivity contribution is 9.11. The second-order valence-electron chi connectivity index (χ2n) is 7.48. The van der Waals surface area contributed by atoms with Gasteiger partial charge in [-0.05, 0) is 77.5 Å². The number of benzene rings is 2. The number of nitrogens with zero attached hydrogens (tertiary/aromatic N) is 1. The van der Waals surface area contributed by atoms with E-state index in [1.165, 1.54) is 23.2 Å². The molecule has 128 valence electrons. The minimum Gasteiger partial charge on any atom is -0.461 e. The summed E-state index contributed by atoms with van der Waals surface area (Å²) in [6.07, 6.45) is 5.76. The summed E-state index contributed by atoms with van der Waals surface area (Å²) in [4.78, 5) is 2.37. The van der Waals surface area contributed by atoms with Crippen LogP contribution in [0.2, 0.25) is 0 Å². The van der Waals surface area contributed by atoms with Crippen molar-refractivity contribution >= 4 is 43.6 Å². The molecule has 4 heteroatoms. The fraction of sp³-hybridized carbons (Fsp3) is 0.333. The van der Waals surface area contributed by atoms with Crippen LogP contribution in [0.25, 0.3) is 6.08 Å². The van der Waals surface area contributed by atoms with Crippen LogP contribution in [-0.4, -0.2) is 12.8 Å². The molecule has 2 aromatic carbocycles. The first kappa shape index (κ1) is 16.0. The summed E-state index contributed by atoms with van der Waals surface area (Å²) < 4.78 is 8.99. The van der Waals surface area contributed by atoms with Gasteiger partial charge >= 0.3 is 0 Å². The maximum atomic E-state index is 6.92. The van der Waals surface area contributed by atoms with Crippen LogP contribution in [0, 0.1) is 0 Å². The number of hydrogen-bond donors (Lipinski definition) is 0. The third-order valence-electron chi connectivity index (χ3n) is 6.25. The van der Waals surface area contributed by atoms with E-state index in [1.54, 1.807) is 0 Å². The minimum atomic E-state index is -0.432. The Labute approximate surface area is 165 Å². The number of ether oxygens (including phenoxy) is 1. The fourth-order valence-electron chi connectivity index (χ4n) is 5.18. The highest BCUT2D eigenvalue weighted by Gasteiger charge is 2.64. The van der Waals surface area contributed by atoms with Crippen LogP contribution in [-0.2, 0) is 5.41 Å². The predicted molar refractivity (Wildman–Crippen MR) is 109 cm³/mol. The van der Waals surface area contributed by atoms with Gasteiger partial charge < -0.3 is 9.64 Å². The van der Waals surface area contributed by atoms with E-state index in [4.69, 9.17) is 4.74 Å². The summed E-state index contributed by atoms with van der Waals surface area (Å²) in [6.45, 7) is 2.38. The number of rotatable bonds is 0. The van der Waals surface area contributed by atoms with E-state index >= 15 is 0 Å². The molecule has 2 aromatic rings. The van der Waals surface area contributed by atoms with Gasteiger partial charge in [0, 0.05) is 22.8 Å². The molecule has 0 unspecified atom stereocenters. The van der Waals surface area contributed by atoms with Gasteiger partial charge in [0.25, 0.3) is 0 Å². The van der Waals surface area contributed by atoms with E-state index in [0.717, 1.165) is 33.1 Å². The van der Waals surface area contributed by atoms with Gasteiger partial charge in [0.15, 0.2) is 0 Å². The van der Waals surface area contributed by atoms with Gasteiger partial charge in [-0.25, -0.2) is 0 Å². The van der Waals surface area contributed by atoms with Crippen molar-refractivity contribution in [2.75, 3.05) is 11.9 Å². The number of halogens is 2. The first-order valence-corrected chi connectivity index (χ1v) is 10.3. The van der Waals surface area contributed by atoms with Crippen molar-refractivity contribution in [3.05, 3.63) is 62.0 Å². The molecule has 2 nitrogen and oxygen atoms in total. The number of anilines is 1. The zero-order valence-corrected chi connectivity index (χ0v) is 17.4. The molecule has 0 radical (unpaired) electrons. The van der Waals surface area contributed by atoms with Crippen LogP contribution >= 0.6 is 31.9 Å². The Kier molecular flexibility index (Phi) is 3.28. The highest BCUT2D eigenvalue weighted by Crippen LogP contribution is 2.62. The molecule has 0 saturated heterocycles. The van der Waals surface area contributed by atoms with Crippen molar-refractivity contribution in [1.82, 2.24) is 0 Å². The van der Waals surface area contributed by atoms with Crippen LogP contribution in [0.3, 0.4) is 0 Å². The second-order valence-corrected chi connectivity index (χ2v) is 9.25. The van der Waals surface area contributed by atoms with Crippen molar-refractivity contribution in [3.63, 3.8) is 0 Å². The lowest BCUT2D eigenvalue weighted by Gasteiger charge is -2.53. The lowest BCUT2D eigenvalue weighted by Crippen LogP contribution is -2.63. The summed E-state index contributed by atoms with van der Waals surface area (Å²) in [7, 11) is 2.18. The van der Waals surface area contributed by atoms with Gasteiger partial charge in [0.2, 0.25) is 5.72 Å². The van der Waals surface area contributed by atoms with Crippen molar-refractivity contribution in [3.8, 4) is 5.75 Å². The second kappa shape index (κ2) is 5.14. The highest BCUT2D eigenvalue weighted by atomic mass is 79.9. The summed E-state index contributed by atoms with van der Waals surface area (Å²) in [5.74, 6) is 0.944. The molecule has 25 heavy (non-hydrogen) atoms. The van der Waals surface area contributed by atoms with Crippen molar-refractivity contribution in [1.29, 1.82) is 0 Å². The molecule has 0 N–H and O–H groups in total. The van der Waals surface area contributed by atoms with E-state index in [0.29, 0.717) is 0 Å². The van der Waals surface area contributed by atoms with E-state index in [1.807, 2.05) is 0 Å². The molecule has 5 rings (SSSR count). The Morgan fingerprint density at radius 3 is 2.80 bits per heavy atom. The normalized spacial score (nSPS) is 29.1. The summed E-state index contributed by atoms with van der Waals surface area (Å²) in [5, 5.41) is 0. The summed E-state index contributed by atoms with van der Waals surface area (Å²) >= 11 is 7.32. The maximum Gasteiger partial charge on any atom is 0.215 e. The molecule has 1 spiro atoms. The van der Waals surface area contributed by atoms with Gasteiger partial charge in [-0.15, -0.1) is 0 Å². The van der Waals surface area contributed by atoms with Crippen LogP contribution < -0.4 is 9.64 Å². The maximum absolute atomic E-state index is 6.92. The Hall–Kier alpha value is -1.26. The van der Waals surface area contributed by atoms with Gasteiger partial charge in [-0.3, -0.25) is 0 Å². The van der Waals surface area contributed by atoms with Crippen LogP contribution in [0.5, 0.6) is 5.75 Å². The number of hydrogen-bond acceptors (Lipinski definition) is 2. The molecule has 3 aliphatic rings. The molecule has 2 heterocycles. The largest absolute Gasteiger partial charge is 0.461 e. The molecule has 1 fully saturated rings.